The minimum absolute atomic E-state index is 0.260. The zero-order chi connectivity index (χ0) is 22.4. The molecule has 1 N–H and O–H groups in total. The third-order valence-electron chi connectivity index (χ3n) is 4.32. The Kier molecular flexibility index (Phi) is 6.00. The first-order valence-corrected chi connectivity index (χ1v) is 11.2. The molecule has 3 rings (SSSR count). The van der Waals surface area contributed by atoms with E-state index in [4.69, 9.17) is 21.1 Å². The number of aromatic nitrogens is 1. The zero-order valence-corrected chi connectivity index (χ0v) is 20.3. The monoisotopic (exact) mass is 496 g/mol. The van der Waals surface area contributed by atoms with Crippen LogP contribution in [-0.2, 0) is 14.8 Å². The van der Waals surface area contributed by atoms with Crippen LogP contribution in [0.5, 0.6) is 0 Å². The van der Waals surface area contributed by atoms with E-state index in [0.29, 0.717) is 22.2 Å². The van der Waals surface area contributed by atoms with E-state index in [0.717, 1.165) is 10.4 Å². The van der Waals surface area contributed by atoms with E-state index in [1.807, 2.05) is 18.2 Å². The number of halogens is 2. The third kappa shape index (κ3) is 4.52. The Hall–Kier alpha value is -1.99. The number of carbonyl (C=O) groups is 2. The Morgan fingerprint density at radius 1 is 1.13 bits per heavy atom. The summed E-state index contributed by atoms with van der Waals surface area (Å²) in [6, 6.07) is 3.70. The van der Waals surface area contributed by atoms with Crippen molar-refractivity contribution < 1.29 is 19.1 Å². The van der Waals surface area contributed by atoms with Crippen molar-refractivity contribution in [1.29, 1.82) is 0 Å². The van der Waals surface area contributed by atoms with Crippen molar-refractivity contribution in [3.8, 4) is 0 Å². The van der Waals surface area contributed by atoms with Gasteiger partial charge in [-0.05, 0) is 52.8 Å². The van der Waals surface area contributed by atoms with E-state index in [2.05, 4.69) is 21.2 Å². The number of benzene rings is 1. The minimum atomic E-state index is -0.704. The standard InChI is InChI=1S/C22H26BrClN2O4/c1-21(2,3)29-19(27)17-13-8-7-12-11-25-16(24)9-14(12)18(13)26(15(17)10-23)20(28)30-22(4,5)6/h7-9,11,16,25H,10H2,1-6H3. The summed E-state index contributed by atoms with van der Waals surface area (Å²) in [4.78, 5) is 26.4. The second-order valence-corrected chi connectivity index (χ2v) is 10.1. The number of nitrogens with one attached hydrogen (secondary N) is 1. The molecule has 30 heavy (non-hydrogen) atoms. The van der Waals surface area contributed by atoms with Crippen LogP contribution in [0.15, 0.2) is 12.1 Å². The molecular formula is C22H26BrClN2O4. The number of nitrogens with zero attached hydrogens (tertiary/aromatic N) is 1. The number of alkyl halides is 2. The molecule has 1 atom stereocenters. The van der Waals surface area contributed by atoms with Crippen molar-refractivity contribution in [2.75, 3.05) is 0 Å². The largest absolute Gasteiger partial charge is 0.456 e. The molecule has 2 heterocycles. The number of rotatable bonds is 2. The molecule has 0 amide bonds. The lowest BCUT2D eigenvalue weighted by atomic mass is 10.1. The van der Waals surface area contributed by atoms with Gasteiger partial charge in [-0.1, -0.05) is 39.7 Å². The molecule has 0 saturated carbocycles. The molecular weight excluding hydrogens is 472 g/mol. The van der Waals surface area contributed by atoms with Gasteiger partial charge in [0.1, 0.15) is 16.7 Å². The van der Waals surface area contributed by atoms with Crippen LogP contribution >= 0.6 is 27.5 Å². The Morgan fingerprint density at radius 3 is 2.33 bits per heavy atom. The molecule has 1 aliphatic rings. The maximum absolute atomic E-state index is 13.2. The zero-order valence-electron chi connectivity index (χ0n) is 17.9. The van der Waals surface area contributed by atoms with Crippen LogP contribution in [0.1, 0.15) is 57.6 Å². The molecule has 1 aromatic heterocycles. The quantitative estimate of drug-likeness (QED) is 0.386. The summed E-state index contributed by atoms with van der Waals surface area (Å²) in [5, 5.41) is 5.53. The van der Waals surface area contributed by atoms with E-state index >= 15 is 0 Å². The molecule has 1 unspecified atom stereocenters. The first-order valence-electron chi connectivity index (χ1n) is 9.63. The molecule has 8 heteroatoms. The normalized spacial score (nSPS) is 16.2. The number of hydrogen-bond donors (Lipinski definition) is 1. The van der Waals surface area contributed by atoms with Gasteiger partial charge < -0.3 is 14.8 Å². The van der Waals surface area contributed by atoms with Gasteiger partial charge >= 0.3 is 12.1 Å². The van der Waals surface area contributed by atoms with Gasteiger partial charge in [0.15, 0.2) is 0 Å². The predicted molar refractivity (Wildman–Crippen MR) is 122 cm³/mol. The molecule has 1 aliphatic heterocycles. The SMILES string of the molecule is CC(C)(C)OC(=O)c1c(CBr)n(C(=O)OC(C)(C)C)c2c3c(ccc12)=CNC(Cl)C=3. The van der Waals surface area contributed by atoms with Crippen molar-refractivity contribution in [1.82, 2.24) is 9.88 Å². The minimum Gasteiger partial charge on any atom is -0.456 e. The van der Waals surface area contributed by atoms with E-state index in [-0.39, 0.29) is 5.33 Å². The maximum Gasteiger partial charge on any atom is 0.419 e. The van der Waals surface area contributed by atoms with E-state index < -0.39 is 28.8 Å². The fourth-order valence-corrected chi connectivity index (χ4v) is 4.05. The Morgan fingerprint density at radius 2 is 1.77 bits per heavy atom. The van der Waals surface area contributed by atoms with Crippen LogP contribution in [0.3, 0.4) is 0 Å². The second kappa shape index (κ2) is 7.93. The molecule has 162 valence electrons. The predicted octanol–water partition coefficient (Wildman–Crippen LogP) is 3.96. The maximum atomic E-state index is 13.2. The van der Waals surface area contributed by atoms with Gasteiger partial charge in [-0.2, -0.15) is 0 Å². The summed E-state index contributed by atoms with van der Waals surface area (Å²) in [6.07, 6.45) is 3.04. The van der Waals surface area contributed by atoms with Crippen LogP contribution < -0.4 is 15.8 Å². The van der Waals surface area contributed by atoms with Crippen LogP contribution in [0.4, 0.5) is 4.79 Å². The number of ether oxygens (including phenoxy) is 2. The molecule has 0 aliphatic carbocycles. The van der Waals surface area contributed by atoms with Gasteiger partial charge in [0.25, 0.3) is 0 Å². The highest BCUT2D eigenvalue weighted by molar-refractivity contribution is 9.08. The summed E-state index contributed by atoms with van der Waals surface area (Å²) in [5.74, 6) is -0.496. The van der Waals surface area contributed by atoms with Crippen LogP contribution in [0.25, 0.3) is 23.2 Å². The summed E-state index contributed by atoms with van der Waals surface area (Å²) in [6.45, 7) is 10.8. The van der Waals surface area contributed by atoms with Gasteiger partial charge in [-0.3, -0.25) is 0 Å². The summed E-state index contributed by atoms with van der Waals surface area (Å²) < 4.78 is 12.8. The van der Waals surface area contributed by atoms with Crippen LogP contribution in [-0.4, -0.2) is 33.3 Å². The second-order valence-electron chi connectivity index (χ2n) is 9.12. The number of esters is 1. The fraction of sp³-hybridized carbons (Fsp3) is 0.455. The summed E-state index contributed by atoms with van der Waals surface area (Å²) in [7, 11) is 0. The van der Waals surface area contributed by atoms with E-state index in [9.17, 15) is 9.59 Å². The van der Waals surface area contributed by atoms with Crippen molar-refractivity contribution in [3.05, 3.63) is 33.8 Å². The smallest absolute Gasteiger partial charge is 0.419 e. The van der Waals surface area contributed by atoms with Gasteiger partial charge in [0.2, 0.25) is 0 Å². The van der Waals surface area contributed by atoms with Crippen molar-refractivity contribution in [2.45, 2.75) is 63.6 Å². The van der Waals surface area contributed by atoms with Gasteiger partial charge in [0.05, 0.1) is 16.8 Å². The lowest BCUT2D eigenvalue weighted by molar-refractivity contribution is 0.00709. The van der Waals surface area contributed by atoms with Crippen molar-refractivity contribution >= 4 is 62.8 Å². The third-order valence-corrected chi connectivity index (χ3v) is 5.10. The Balaban J connectivity index is 2.41. The van der Waals surface area contributed by atoms with E-state index in [1.165, 1.54) is 4.57 Å². The number of carbonyl (C=O) groups excluding carboxylic acids is 2. The number of hydrogen-bond acceptors (Lipinski definition) is 5. The molecule has 6 nitrogen and oxygen atoms in total. The fourth-order valence-electron chi connectivity index (χ4n) is 3.33. The molecule has 1 aromatic carbocycles. The van der Waals surface area contributed by atoms with Gasteiger partial charge in [0, 0.05) is 22.1 Å². The average molecular weight is 498 g/mol. The highest BCUT2D eigenvalue weighted by Gasteiger charge is 2.31. The Labute approximate surface area is 189 Å². The first-order chi connectivity index (χ1) is 13.8. The lowest BCUT2D eigenvalue weighted by Crippen LogP contribution is -2.38. The first kappa shape index (κ1) is 22.7. The molecule has 0 radical (unpaired) electrons. The summed E-state index contributed by atoms with van der Waals surface area (Å²) in [5.41, 5.74) is -0.448. The lowest BCUT2D eigenvalue weighted by Gasteiger charge is -2.21. The van der Waals surface area contributed by atoms with Crippen LogP contribution in [0.2, 0.25) is 0 Å². The molecule has 0 saturated heterocycles. The summed E-state index contributed by atoms with van der Waals surface area (Å²) >= 11 is 9.74. The molecule has 0 bridgehead atoms. The van der Waals surface area contributed by atoms with Crippen molar-refractivity contribution in [3.63, 3.8) is 0 Å². The van der Waals surface area contributed by atoms with Gasteiger partial charge in [-0.25, -0.2) is 14.2 Å². The van der Waals surface area contributed by atoms with Crippen LogP contribution in [0, 0.1) is 0 Å². The number of fused-ring (bicyclic) bond motifs is 3. The van der Waals surface area contributed by atoms with E-state index in [1.54, 1.807) is 47.7 Å². The topological polar surface area (TPSA) is 69.6 Å². The van der Waals surface area contributed by atoms with Gasteiger partial charge in [-0.15, -0.1) is 0 Å². The molecule has 0 fully saturated rings. The highest BCUT2D eigenvalue weighted by atomic mass is 79.9. The average Bonchev–Trinajstić information content (AvgIpc) is 2.93. The highest BCUT2D eigenvalue weighted by Crippen LogP contribution is 2.29. The van der Waals surface area contributed by atoms with Crippen molar-refractivity contribution in [2.24, 2.45) is 0 Å². The molecule has 0 spiro atoms. The molecule has 2 aromatic rings. The Bertz CT molecular complexity index is 1140.